The highest BCUT2D eigenvalue weighted by Gasteiger charge is 2.41. The van der Waals surface area contributed by atoms with Crippen molar-refractivity contribution in [2.24, 2.45) is 17.8 Å². The van der Waals surface area contributed by atoms with Gasteiger partial charge in [0.05, 0.1) is 6.10 Å². The largest absolute Gasteiger partial charge is 0.481 e. The second-order valence-corrected chi connectivity index (χ2v) is 8.16. The van der Waals surface area contributed by atoms with E-state index in [2.05, 4.69) is 52.0 Å². The third-order valence-corrected chi connectivity index (χ3v) is 5.46. The standard InChI is InChI=1S/C22H34O3/c1-15(2)19-8-5-7-18(13-19)11-16(3)21-14-20(21)12-17(4)25-10-6-9-22(23)24/h5,7-8,13,15-17,20-21H,6,9-12,14H2,1-4H3,(H,23,24). The van der Waals surface area contributed by atoms with Crippen LogP contribution in [0, 0.1) is 17.8 Å². The molecule has 0 heterocycles. The van der Waals surface area contributed by atoms with Gasteiger partial charge in [-0.05, 0) is 67.4 Å². The molecule has 1 aliphatic rings. The molecule has 1 aromatic rings. The molecule has 1 aromatic carbocycles. The van der Waals surface area contributed by atoms with E-state index in [1.165, 1.54) is 17.5 Å². The minimum Gasteiger partial charge on any atom is -0.481 e. The van der Waals surface area contributed by atoms with Gasteiger partial charge in [0.25, 0.3) is 0 Å². The molecule has 2 rings (SSSR count). The summed E-state index contributed by atoms with van der Waals surface area (Å²) >= 11 is 0. The minimum atomic E-state index is -0.742. The normalized spacial score (nSPS) is 22.0. The molecular weight excluding hydrogens is 312 g/mol. The lowest BCUT2D eigenvalue weighted by atomic mass is 9.92. The zero-order valence-corrected chi connectivity index (χ0v) is 16.2. The summed E-state index contributed by atoms with van der Waals surface area (Å²) in [4.78, 5) is 10.5. The van der Waals surface area contributed by atoms with Crippen LogP contribution in [0.4, 0.5) is 0 Å². The second-order valence-electron chi connectivity index (χ2n) is 8.16. The molecule has 0 radical (unpaired) electrons. The SMILES string of the molecule is CC(CC1CC1C(C)Cc1cccc(C(C)C)c1)OCCCC(=O)O. The third kappa shape index (κ3) is 6.81. The average Bonchev–Trinajstić information content (AvgIpc) is 3.31. The lowest BCUT2D eigenvalue weighted by molar-refractivity contribution is -0.137. The Morgan fingerprint density at radius 1 is 1.28 bits per heavy atom. The number of carboxylic acid groups (broad SMARTS) is 1. The van der Waals surface area contributed by atoms with Gasteiger partial charge in [0.2, 0.25) is 0 Å². The van der Waals surface area contributed by atoms with Crippen LogP contribution in [0.25, 0.3) is 0 Å². The summed E-state index contributed by atoms with van der Waals surface area (Å²) in [5.74, 6) is 2.15. The third-order valence-electron chi connectivity index (χ3n) is 5.46. The first kappa shape index (κ1) is 20.0. The maximum absolute atomic E-state index is 10.5. The van der Waals surface area contributed by atoms with Crippen molar-refractivity contribution in [1.29, 1.82) is 0 Å². The van der Waals surface area contributed by atoms with Crippen LogP contribution in [-0.2, 0) is 16.0 Å². The van der Waals surface area contributed by atoms with Crippen LogP contribution in [-0.4, -0.2) is 23.8 Å². The van der Waals surface area contributed by atoms with Crippen molar-refractivity contribution in [3.8, 4) is 0 Å². The number of carboxylic acids is 1. The molecule has 140 valence electrons. The van der Waals surface area contributed by atoms with Crippen molar-refractivity contribution < 1.29 is 14.6 Å². The molecule has 0 aliphatic heterocycles. The van der Waals surface area contributed by atoms with Gasteiger partial charge in [0.1, 0.15) is 0 Å². The summed E-state index contributed by atoms with van der Waals surface area (Å²) in [5, 5.41) is 8.64. The van der Waals surface area contributed by atoms with E-state index in [1.807, 2.05) is 0 Å². The van der Waals surface area contributed by atoms with E-state index in [4.69, 9.17) is 9.84 Å². The summed E-state index contributed by atoms with van der Waals surface area (Å²) in [6, 6.07) is 9.04. The van der Waals surface area contributed by atoms with Crippen molar-refractivity contribution in [1.82, 2.24) is 0 Å². The fourth-order valence-electron chi connectivity index (χ4n) is 3.84. The Hall–Kier alpha value is -1.35. The molecule has 4 unspecified atom stereocenters. The Balaban J connectivity index is 1.70. The molecule has 4 atom stereocenters. The minimum absolute atomic E-state index is 0.200. The zero-order chi connectivity index (χ0) is 18.4. The Bertz CT molecular complexity index is 552. The van der Waals surface area contributed by atoms with Gasteiger partial charge in [0, 0.05) is 13.0 Å². The van der Waals surface area contributed by atoms with Gasteiger partial charge >= 0.3 is 5.97 Å². The maximum atomic E-state index is 10.5. The molecular formula is C22H34O3. The summed E-state index contributed by atoms with van der Waals surface area (Å²) < 4.78 is 5.77. The van der Waals surface area contributed by atoms with Crippen molar-refractivity contribution in [2.75, 3.05) is 6.61 Å². The molecule has 3 nitrogen and oxygen atoms in total. The van der Waals surface area contributed by atoms with E-state index in [0.717, 1.165) is 24.7 Å². The van der Waals surface area contributed by atoms with E-state index < -0.39 is 5.97 Å². The van der Waals surface area contributed by atoms with E-state index in [1.54, 1.807) is 0 Å². The molecule has 1 N–H and O–H groups in total. The fourth-order valence-corrected chi connectivity index (χ4v) is 3.84. The van der Waals surface area contributed by atoms with E-state index >= 15 is 0 Å². The lowest BCUT2D eigenvalue weighted by Crippen LogP contribution is -2.13. The van der Waals surface area contributed by atoms with Gasteiger partial charge in [-0.1, -0.05) is 45.0 Å². The first-order valence-corrected chi connectivity index (χ1v) is 9.79. The van der Waals surface area contributed by atoms with Gasteiger partial charge < -0.3 is 9.84 Å². The molecule has 0 bridgehead atoms. The Kier molecular flexibility index (Phi) is 7.49. The zero-order valence-electron chi connectivity index (χ0n) is 16.2. The smallest absolute Gasteiger partial charge is 0.303 e. The predicted octanol–water partition coefficient (Wildman–Crippen LogP) is 5.28. The molecule has 3 heteroatoms. The van der Waals surface area contributed by atoms with Gasteiger partial charge in [0.15, 0.2) is 0 Å². The topological polar surface area (TPSA) is 46.5 Å². The van der Waals surface area contributed by atoms with Crippen LogP contribution in [0.1, 0.15) is 70.4 Å². The van der Waals surface area contributed by atoms with Crippen LogP contribution in [0.15, 0.2) is 24.3 Å². The molecule has 0 saturated heterocycles. The number of ether oxygens (including phenoxy) is 1. The van der Waals surface area contributed by atoms with E-state index in [9.17, 15) is 4.79 Å². The van der Waals surface area contributed by atoms with Gasteiger partial charge in [-0.3, -0.25) is 4.79 Å². The van der Waals surface area contributed by atoms with Crippen LogP contribution in [0.5, 0.6) is 0 Å². The van der Waals surface area contributed by atoms with Crippen LogP contribution in [0.2, 0.25) is 0 Å². The molecule has 1 saturated carbocycles. The number of carbonyl (C=O) groups is 1. The van der Waals surface area contributed by atoms with E-state index in [0.29, 0.717) is 24.9 Å². The van der Waals surface area contributed by atoms with Gasteiger partial charge in [-0.25, -0.2) is 0 Å². The van der Waals surface area contributed by atoms with Crippen molar-refractivity contribution in [3.05, 3.63) is 35.4 Å². The van der Waals surface area contributed by atoms with Crippen LogP contribution >= 0.6 is 0 Å². The summed E-state index contributed by atoms with van der Waals surface area (Å²) in [6.45, 7) is 9.55. The molecule has 1 aliphatic carbocycles. The van der Waals surface area contributed by atoms with Crippen molar-refractivity contribution in [3.63, 3.8) is 0 Å². The van der Waals surface area contributed by atoms with Crippen LogP contribution in [0.3, 0.4) is 0 Å². The highest BCUT2D eigenvalue weighted by Crippen LogP contribution is 2.48. The summed E-state index contributed by atoms with van der Waals surface area (Å²) in [5.41, 5.74) is 2.89. The van der Waals surface area contributed by atoms with Crippen molar-refractivity contribution >= 4 is 5.97 Å². The molecule has 0 spiro atoms. The van der Waals surface area contributed by atoms with Crippen LogP contribution < -0.4 is 0 Å². The predicted molar refractivity (Wildman–Crippen MR) is 102 cm³/mol. The second kappa shape index (κ2) is 9.38. The first-order chi connectivity index (χ1) is 11.9. The summed E-state index contributed by atoms with van der Waals surface area (Å²) in [7, 11) is 0. The monoisotopic (exact) mass is 346 g/mol. The Labute approximate surface area is 152 Å². The molecule has 0 aromatic heterocycles. The highest BCUT2D eigenvalue weighted by atomic mass is 16.5. The number of aliphatic carboxylic acids is 1. The number of hydrogen-bond acceptors (Lipinski definition) is 2. The Morgan fingerprint density at radius 3 is 2.72 bits per heavy atom. The quantitative estimate of drug-likeness (QED) is 0.554. The number of hydrogen-bond donors (Lipinski definition) is 1. The molecule has 0 amide bonds. The van der Waals surface area contributed by atoms with Crippen molar-refractivity contribution in [2.45, 2.75) is 71.8 Å². The molecule has 25 heavy (non-hydrogen) atoms. The maximum Gasteiger partial charge on any atom is 0.303 e. The number of benzene rings is 1. The van der Waals surface area contributed by atoms with E-state index in [-0.39, 0.29) is 12.5 Å². The average molecular weight is 347 g/mol. The fraction of sp³-hybridized carbons (Fsp3) is 0.682. The number of rotatable bonds is 11. The highest BCUT2D eigenvalue weighted by molar-refractivity contribution is 5.66. The summed E-state index contributed by atoms with van der Waals surface area (Å²) in [6.07, 6.45) is 4.62. The lowest BCUT2D eigenvalue weighted by Gasteiger charge is -2.15. The first-order valence-electron chi connectivity index (χ1n) is 9.79. The van der Waals surface area contributed by atoms with Gasteiger partial charge in [-0.2, -0.15) is 0 Å². The van der Waals surface area contributed by atoms with Gasteiger partial charge in [-0.15, -0.1) is 0 Å². The Morgan fingerprint density at radius 2 is 2.04 bits per heavy atom. The molecule has 1 fully saturated rings.